The summed E-state index contributed by atoms with van der Waals surface area (Å²) in [7, 11) is 0. The molecule has 152 valence electrons. The van der Waals surface area contributed by atoms with Crippen LogP contribution in [0.5, 0.6) is 0 Å². The standard InChI is InChI=1S/C23H27N3O2S/c27-22(14-21-23(28)25-19-10-4-5-11-20(19)29-21)24-15-17-8-2-3-9-18(17)16-26-12-6-1-7-13-26/h2-5,8-11,21H,1,6-7,12-16H2,(H,24,27)(H,25,28)/t21-/m0/s1. The van der Waals surface area contributed by atoms with Gasteiger partial charge in [-0.25, -0.2) is 0 Å². The molecule has 5 nitrogen and oxygen atoms in total. The molecule has 2 amide bonds. The predicted molar refractivity (Wildman–Crippen MR) is 117 cm³/mol. The number of carbonyl (C=O) groups is 2. The average Bonchev–Trinajstić information content (AvgIpc) is 2.74. The van der Waals surface area contributed by atoms with Crippen molar-refractivity contribution in [3.8, 4) is 0 Å². The molecule has 1 saturated heterocycles. The Bertz CT molecular complexity index is 880. The van der Waals surface area contributed by atoms with Gasteiger partial charge in [-0.3, -0.25) is 14.5 Å². The van der Waals surface area contributed by atoms with Crippen molar-refractivity contribution in [2.45, 2.75) is 48.9 Å². The van der Waals surface area contributed by atoms with Gasteiger partial charge in [-0.15, -0.1) is 11.8 Å². The lowest BCUT2D eigenvalue weighted by atomic mass is 10.0. The average molecular weight is 410 g/mol. The van der Waals surface area contributed by atoms with Crippen LogP contribution in [0.25, 0.3) is 0 Å². The molecule has 2 aromatic carbocycles. The van der Waals surface area contributed by atoms with Crippen LogP contribution in [0, 0.1) is 0 Å². The number of benzene rings is 2. The van der Waals surface area contributed by atoms with Gasteiger partial charge < -0.3 is 10.6 Å². The first-order valence-corrected chi connectivity index (χ1v) is 11.2. The van der Waals surface area contributed by atoms with E-state index in [0.29, 0.717) is 6.54 Å². The van der Waals surface area contributed by atoms with E-state index in [1.165, 1.54) is 36.6 Å². The molecule has 1 fully saturated rings. The molecule has 4 rings (SSSR count). The minimum absolute atomic E-state index is 0.0928. The lowest BCUT2D eigenvalue weighted by Gasteiger charge is -2.27. The molecule has 0 spiro atoms. The Balaban J connectivity index is 1.32. The zero-order chi connectivity index (χ0) is 20.1. The number of carbonyl (C=O) groups excluding carboxylic acids is 2. The van der Waals surface area contributed by atoms with Crippen molar-refractivity contribution in [2.75, 3.05) is 18.4 Å². The SMILES string of the molecule is O=C(C[C@@H]1Sc2ccccc2NC1=O)NCc1ccccc1CN1CCCCC1. The third-order valence-electron chi connectivity index (χ3n) is 5.51. The molecular weight excluding hydrogens is 382 g/mol. The number of rotatable bonds is 6. The van der Waals surface area contributed by atoms with Gasteiger partial charge in [0, 0.05) is 24.4 Å². The molecule has 0 saturated carbocycles. The molecule has 2 aromatic rings. The summed E-state index contributed by atoms with van der Waals surface area (Å²) in [6.45, 7) is 3.73. The van der Waals surface area contributed by atoms with Gasteiger partial charge >= 0.3 is 0 Å². The molecular formula is C23H27N3O2S. The molecule has 2 heterocycles. The van der Waals surface area contributed by atoms with Gasteiger partial charge in [0.25, 0.3) is 0 Å². The van der Waals surface area contributed by atoms with Gasteiger partial charge in [-0.1, -0.05) is 42.8 Å². The van der Waals surface area contributed by atoms with E-state index in [0.717, 1.165) is 35.8 Å². The number of thioether (sulfide) groups is 1. The number of para-hydroxylation sites is 1. The van der Waals surface area contributed by atoms with Crippen molar-refractivity contribution >= 4 is 29.3 Å². The van der Waals surface area contributed by atoms with Gasteiger partial charge in [0.05, 0.1) is 10.9 Å². The van der Waals surface area contributed by atoms with Gasteiger partial charge in [0.15, 0.2) is 0 Å². The highest BCUT2D eigenvalue weighted by Gasteiger charge is 2.28. The van der Waals surface area contributed by atoms with Crippen molar-refractivity contribution < 1.29 is 9.59 Å². The van der Waals surface area contributed by atoms with Crippen LogP contribution in [0.1, 0.15) is 36.8 Å². The minimum atomic E-state index is -0.395. The Morgan fingerprint density at radius 3 is 2.59 bits per heavy atom. The maximum atomic E-state index is 12.5. The fraction of sp³-hybridized carbons (Fsp3) is 0.391. The second-order valence-electron chi connectivity index (χ2n) is 7.68. The molecule has 0 radical (unpaired) electrons. The lowest BCUT2D eigenvalue weighted by molar-refractivity contribution is -0.124. The van der Waals surface area contributed by atoms with Gasteiger partial charge in [-0.2, -0.15) is 0 Å². The fourth-order valence-electron chi connectivity index (χ4n) is 3.90. The van der Waals surface area contributed by atoms with Crippen molar-refractivity contribution in [3.63, 3.8) is 0 Å². The Hall–Kier alpha value is -2.31. The van der Waals surface area contributed by atoms with Crippen LogP contribution >= 0.6 is 11.8 Å². The Morgan fingerprint density at radius 1 is 1.03 bits per heavy atom. The summed E-state index contributed by atoms with van der Waals surface area (Å²) in [5, 5.41) is 5.52. The Kier molecular flexibility index (Phi) is 6.52. The molecule has 6 heteroatoms. The fourth-order valence-corrected chi connectivity index (χ4v) is 5.01. The van der Waals surface area contributed by atoms with Crippen molar-refractivity contribution in [3.05, 3.63) is 59.7 Å². The van der Waals surface area contributed by atoms with Gasteiger partial charge in [-0.05, 0) is 49.2 Å². The maximum absolute atomic E-state index is 12.5. The number of nitrogens with zero attached hydrogens (tertiary/aromatic N) is 1. The molecule has 2 N–H and O–H groups in total. The number of fused-ring (bicyclic) bond motifs is 1. The molecule has 0 unspecified atom stereocenters. The van der Waals surface area contributed by atoms with E-state index in [-0.39, 0.29) is 18.2 Å². The van der Waals surface area contributed by atoms with Crippen LogP contribution in [-0.4, -0.2) is 35.1 Å². The van der Waals surface area contributed by atoms with Crippen molar-refractivity contribution in [2.24, 2.45) is 0 Å². The molecule has 0 aromatic heterocycles. The predicted octanol–water partition coefficient (Wildman–Crippen LogP) is 3.79. The number of anilines is 1. The summed E-state index contributed by atoms with van der Waals surface area (Å²) < 4.78 is 0. The van der Waals surface area contributed by atoms with Gasteiger partial charge in [0.2, 0.25) is 11.8 Å². The summed E-state index contributed by atoms with van der Waals surface area (Å²) in [5.74, 6) is -0.195. The summed E-state index contributed by atoms with van der Waals surface area (Å²) >= 11 is 1.46. The highest BCUT2D eigenvalue weighted by atomic mass is 32.2. The van der Waals surface area contributed by atoms with E-state index in [4.69, 9.17) is 0 Å². The number of piperidine rings is 1. The topological polar surface area (TPSA) is 61.4 Å². The Morgan fingerprint density at radius 2 is 1.76 bits per heavy atom. The van der Waals surface area contributed by atoms with Crippen molar-refractivity contribution in [1.82, 2.24) is 10.2 Å². The Labute approximate surface area is 176 Å². The number of hydrogen-bond acceptors (Lipinski definition) is 4. The van der Waals surface area contributed by atoms with Crippen LogP contribution in [0.15, 0.2) is 53.4 Å². The summed E-state index contributed by atoms with van der Waals surface area (Å²) in [4.78, 5) is 28.4. The van der Waals surface area contributed by atoms with Crippen LogP contribution in [-0.2, 0) is 22.7 Å². The number of hydrogen-bond donors (Lipinski definition) is 2. The zero-order valence-electron chi connectivity index (χ0n) is 16.5. The molecule has 0 bridgehead atoms. The second-order valence-corrected chi connectivity index (χ2v) is 8.92. The van der Waals surface area contributed by atoms with Crippen LogP contribution in [0.4, 0.5) is 5.69 Å². The molecule has 2 aliphatic heterocycles. The lowest BCUT2D eigenvalue weighted by Crippen LogP contribution is -2.35. The largest absolute Gasteiger partial charge is 0.352 e. The molecule has 1 atom stereocenters. The highest BCUT2D eigenvalue weighted by molar-refractivity contribution is 8.01. The molecule has 0 aliphatic carbocycles. The minimum Gasteiger partial charge on any atom is -0.352 e. The monoisotopic (exact) mass is 409 g/mol. The highest BCUT2D eigenvalue weighted by Crippen LogP contribution is 2.36. The molecule has 2 aliphatic rings. The third-order valence-corrected chi connectivity index (χ3v) is 6.79. The smallest absolute Gasteiger partial charge is 0.238 e. The summed E-state index contributed by atoms with van der Waals surface area (Å²) in [5.41, 5.74) is 3.25. The van der Waals surface area contributed by atoms with E-state index in [1.54, 1.807) is 0 Å². The quantitative estimate of drug-likeness (QED) is 0.762. The van der Waals surface area contributed by atoms with E-state index in [9.17, 15) is 9.59 Å². The maximum Gasteiger partial charge on any atom is 0.238 e. The number of nitrogens with one attached hydrogen (secondary N) is 2. The van der Waals surface area contributed by atoms with Crippen LogP contribution in [0.2, 0.25) is 0 Å². The van der Waals surface area contributed by atoms with E-state index in [2.05, 4.69) is 33.7 Å². The third kappa shape index (κ3) is 5.19. The van der Waals surface area contributed by atoms with E-state index < -0.39 is 5.25 Å². The summed E-state index contributed by atoms with van der Waals surface area (Å²) in [6.07, 6.45) is 4.04. The number of likely N-dealkylation sites (tertiary alicyclic amines) is 1. The first-order chi connectivity index (χ1) is 14.2. The zero-order valence-corrected chi connectivity index (χ0v) is 17.3. The first kappa shape index (κ1) is 20.0. The second kappa shape index (κ2) is 9.46. The first-order valence-electron chi connectivity index (χ1n) is 10.3. The van der Waals surface area contributed by atoms with Crippen LogP contribution < -0.4 is 10.6 Å². The van der Waals surface area contributed by atoms with Crippen molar-refractivity contribution in [1.29, 1.82) is 0 Å². The molecule has 29 heavy (non-hydrogen) atoms. The number of amides is 2. The van der Waals surface area contributed by atoms with Gasteiger partial charge in [0.1, 0.15) is 0 Å². The normalized spacial score (nSPS) is 19.3. The summed E-state index contributed by atoms with van der Waals surface area (Å²) in [6, 6.07) is 16.0. The van der Waals surface area contributed by atoms with E-state index in [1.807, 2.05) is 30.3 Å². The van der Waals surface area contributed by atoms with E-state index >= 15 is 0 Å². The van der Waals surface area contributed by atoms with Crippen LogP contribution in [0.3, 0.4) is 0 Å².